The maximum Gasteiger partial charge on any atom is 0.416 e. The van der Waals surface area contributed by atoms with E-state index in [1.54, 1.807) is 0 Å². The van der Waals surface area contributed by atoms with Gasteiger partial charge in [-0.15, -0.1) is 0 Å². The van der Waals surface area contributed by atoms with Gasteiger partial charge in [0.1, 0.15) is 0 Å². The number of hydrogen-bond donors (Lipinski definition) is 2. The topological polar surface area (TPSA) is 81.4 Å². The number of amides is 2. The van der Waals surface area contributed by atoms with E-state index in [-0.39, 0.29) is 18.9 Å². The van der Waals surface area contributed by atoms with Gasteiger partial charge in [0.05, 0.1) is 17.4 Å². The Balaban J connectivity index is 1.92. The van der Waals surface area contributed by atoms with Crippen molar-refractivity contribution in [3.63, 3.8) is 0 Å². The lowest BCUT2D eigenvalue weighted by Crippen LogP contribution is -2.49. The molecule has 0 aromatic heterocycles. The number of ether oxygens (including phenoxy) is 1. The molecule has 3 N–H and O–H groups in total. The quantitative estimate of drug-likeness (QED) is 0.852. The molecule has 0 saturated carbocycles. The number of alkyl halides is 3. The second-order valence-corrected chi connectivity index (χ2v) is 5.91. The second kappa shape index (κ2) is 7.21. The second-order valence-electron chi connectivity index (χ2n) is 5.91. The van der Waals surface area contributed by atoms with E-state index < -0.39 is 23.1 Å². The summed E-state index contributed by atoms with van der Waals surface area (Å²) in [5.74, 6) is -0.859. The molecule has 132 valence electrons. The maximum absolute atomic E-state index is 12.5. The molecule has 0 spiro atoms. The zero-order valence-electron chi connectivity index (χ0n) is 13.0. The lowest BCUT2D eigenvalue weighted by atomic mass is 9.79. The standard InChI is InChI=1S/C16H19F3N2O3/c17-16(18,19)12-3-1-11(2-4-12)9-13(22)21-10-15(14(20)23)5-7-24-8-6-15/h1-4H,5-10H2,(H2,20,23)(H,21,22). The van der Waals surface area contributed by atoms with E-state index in [1.165, 1.54) is 12.1 Å². The van der Waals surface area contributed by atoms with E-state index in [1.807, 2.05) is 0 Å². The highest BCUT2D eigenvalue weighted by atomic mass is 19.4. The summed E-state index contributed by atoms with van der Waals surface area (Å²) >= 11 is 0. The molecular weight excluding hydrogens is 325 g/mol. The number of carbonyl (C=O) groups excluding carboxylic acids is 2. The van der Waals surface area contributed by atoms with Crippen LogP contribution in [0.5, 0.6) is 0 Å². The molecule has 1 aliphatic heterocycles. The van der Waals surface area contributed by atoms with Crippen LogP contribution in [0.15, 0.2) is 24.3 Å². The molecule has 2 rings (SSSR count). The van der Waals surface area contributed by atoms with Crippen molar-refractivity contribution in [2.24, 2.45) is 11.1 Å². The lowest BCUT2D eigenvalue weighted by Gasteiger charge is -2.34. The number of nitrogens with two attached hydrogens (primary N) is 1. The fraction of sp³-hybridized carbons (Fsp3) is 0.500. The molecular formula is C16H19F3N2O3. The smallest absolute Gasteiger partial charge is 0.381 e. The van der Waals surface area contributed by atoms with Crippen LogP contribution in [-0.2, 0) is 26.9 Å². The normalized spacial score (nSPS) is 17.3. The summed E-state index contributed by atoms with van der Waals surface area (Å²) < 4.78 is 42.7. The average Bonchev–Trinajstić information content (AvgIpc) is 2.53. The Labute approximate surface area is 137 Å². The van der Waals surface area contributed by atoms with E-state index in [4.69, 9.17) is 10.5 Å². The van der Waals surface area contributed by atoms with Gasteiger partial charge >= 0.3 is 6.18 Å². The first kappa shape index (κ1) is 18.3. The minimum atomic E-state index is -4.41. The summed E-state index contributed by atoms with van der Waals surface area (Å²) in [4.78, 5) is 23.7. The monoisotopic (exact) mass is 344 g/mol. The zero-order valence-corrected chi connectivity index (χ0v) is 13.0. The molecule has 1 aromatic carbocycles. The summed E-state index contributed by atoms with van der Waals surface area (Å²) in [6.45, 7) is 0.903. The van der Waals surface area contributed by atoms with Crippen LogP contribution in [0, 0.1) is 5.41 Å². The first-order chi connectivity index (χ1) is 11.2. The van der Waals surface area contributed by atoms with Crippen LogP contribution >= 0.6 is 0 Å². The van der Waals surface area contributed by atoms with E-state index in [0.29, 0.717) is 31.6 Å². The fourth-order valence-corrected chi connectivity index (χ4v) is 2.60. The highest BCUT2D eigenvalue weighted by Gasteiger charge is 2.38. The van der Waals surface area contributed by atoms with Gasteiger partial charge in [0.25, 0.3) is 0 Å². The largest absolute Gasteiger partial charge is 0.416 e. The van der Waals surface area contributed by atoms with Crippen LogP contribution in [0.4, 0.5) is 13.2 Å². The molecule has 0 aliphatic carbocycles. The van der Waals surface area contributed by atoms with E-state index in [2.05, 4.69) is 5.32 Å². The molecule has 0 unspecified atom stereocenters. The van der Waals surface area contributed by atoms with E-state index in [9.17, 15) is 22.8 Å². The van der Waals surface area contributed by atoms with E-state index >= 15 is 0 Å². The number of hydrogen-bond acceptors (Lipinski definition) is 3. The molecule has 1 aromatic rings. The van der Waals surface area contributed by atoms with Crippen molar-refractivity contribution in [2.45, 2.75) is 25.4 Å². The third-order valence-electron chi connectivity index (χ3n) is 4.24. The number of carbonyl (C=O) groups is 2. The Morgan fingerprint density at radius 2 is 1.75 bits per heavy atom. The maximum atomic E-state index is 12.5. The predicted molar refractivity (Wildman–Crippen MR) is 79.8 cm³/mol. The van der Waals surface area contributed by atoms with Crippen molar-refractivity contribution in [3.8, 4) is 0 Å². The van der Waals surface area contributed by atoms with Crippen molar-refractivity contribution < 1.29 is 27.5 Å². The van der Waals surface area contributed by atoms with Gasteiger partial charge in [-0.2, -0.15) is 13.2 Å². The third kappa shape index (κ3) is 4.47. The molecule has 1 aliphatic rings. The van der Waals surface area contributed by atoms with Crippen LogP contribution in [0.3, 0.4) is 0 Å². The Bertz CT molecular complexity index is 594. The summed E-state index contributed by atoms with van der Waals surface area (Å²) in [7, 11) is 0. The minimum absolute atomic E-state index is 0.0660. The number of halogens is 3. The van der Waals surface area contributed by atoms with Crippen molar-refractivity contribution in [1.29, 1.82) is 0 Å². The number of rotatable bonds is 5. The molecule has 2 amide bonds. The average molecular weight is 344 g/mol. The van der Waals surface area contributed by atoms with Gasteiger partial charge in [-0.05, 0) is 30.5 Å². The molecule has 1 heterocycles. The van der Waals surface area contributed by atoms with Gasteiger partial charge in [-0.1, -0.05) is 12.1 Å². The zero-order chi connectivity index (χ0) is 17.8. The SMILES string of the molecule is NC(=O)C1(CNC(=O)Cc2ccc(C(F)(F)F)cc2)CCOCC1. The Kier molecular flexibility index (Phi) is 5.48. The molecule has 8 heteroatoms. The van der Waals surface area contributed by atoms with Gasteiger partial charge in [-0.3, -0.25) is 9.59 Å². The lowest BCUT2D eigenvalue weighted by molar-refractivity contribution is -0.137. The van der Waals surface area contributed by atoms with E-state index in [0.717, 1.165) is 12.1 Å². The summed E-state index contributed by atoms with van der Waals surface area (Å²) in [6, 6.07) is 4.40. The van der Waals surface area contributed by atoms with Crippen LogP contribution in [0.25, 0.3) is 0 Å². The summed E-state index contributed by atoms with van der Waals surface area (Å²) in [5.41, 5.74) is 4.32. The third-order valence-corrected chi connectivity index (χ3v) is 4.24. The van der Waals surface area contributed by atoms with Crippen LogP contribution < -0.4 is 11.1 Å². The molecule has 0 radical (unpaired) electrons. The highest BCUT2D eigenvalue weighted by Crippen LogP contribution is 2.30. The molecule has 1 fully saturated rings. The molecule has 0 atom stereocenters. The number of nitrogens with one attached hydrogen (secondary N) is 1. The van der Waals surface area contributed by atoms with Crippen molar-refractivity contribution >= 4 is 11.8 Å². The fourth-order valence-electron chi connectivity index (χ4n) is 2.60. The van der Waals surface area contributed by atoms with Crippen LogP contribution in [0.2, 0.25) is 0 Å². The summed E-state index contributed by atoms with van der Waals surface area (Å²) in [5, 5.41) is 2.65. The van der Waals surface area contributed by atoms with Gasteiger partial charge in [-0.25, -0.2) is 0 Å². The van der Waals surface area contributed by atoms with Gasteiger partial charge < -0.3 is 15.8 Å². The number of primary amides is 1. The highest BCUT2D eigenvalue weighted by molar-refractivity contribution is 5.83. The first-order valence-electron chi connectivity index (χ1n) is 7.53. The van der Waals surface area contributed by atoms with Gasteiger partial charge in [0.15, 0.2) is 0 Å². The summed E-state index contributed by atoms with van der Waals surface area (Å²) in [6.07, 6.45) is -3.60. The first-order valence-corrected chi connectivity index (χ1v) is 7.53. The Morgan fingerprint density at radius 3 is 2.25 bits per heavy atom. The molecule has 0 bridgehead atoms. The van der Waals surface area contributed by atoms with Crippen molar-refractivity contribution in [1.82, 2.24) is 5.32 Å². The van der Waals surface area contributed by atoms with Crippen LogP contribution in [0.1, 0.15) is 24.0 Å². The van der Waals surface area contributed by atoms with Gasteiger partial charge in [0.2, 0.25) is 11.8 Å². The van der Waals surface area contributed by atoms with Gasteiger partial charge in [0, 0.05) is 19.8 Å². The molecule has 5 nitrogen and oxygen atoms in total. The van der Waals surface area contributed by atoms with Crippen molar-refractivity contribution in [3.05, 3.63) is 35.4 Å². The number of benzene rings is 1. The van der Waals surface area contributed by atoms with Crippen LogP contribution in [-0.4, -0.2) is 31.6 Å². The Hall–Kier alpha value is -2.09. The predicted octanol–water partition coefficient (Wildman–Crippen LogP) is 1.65. The minimum Gasteiger partial charge on any atom is -0.381 e. The van der Waals surface area contributed by atoms with Crippen molar-refractivity contribution in [2.75, 3.05) is 19.8 Å². The molecule has 24 heavy (non-hydrogen) atoms. The Morgan fingerprint density at radius 1 is 1.17 bits per heavy atom. The molecule has 1 saturated heterocycles.